The van der Waals surface area contributed by atoms with E-state index >= 15 is 0 Å². The van der Waals surface area contributed by atoms with Gasteiger partial charge >= 0.3 is 0 Å². The van der Waals surface area contributed by atoms with E-state index in [2.05, 4.69) is 4.98 Å². The lowest BCUT2D eigenvalue weighted by Gasteiger charge is -1.96. The summed E-state index contributed by atoms with van der Waals surface area (Å²) in [5, 5.41) is 2.47. The van der Waals surface area contributed by atoms with E-state index in [1.54, 1.807) is 6.07 Å². The minimum Gasteiger partial charge on any atom is -0.360 e. The van der Waals surface area contributed by atoms with Crippen molar-refractivity contribution in [2.75, 3.05) is 0 Å². The van der Waals surface area contributed by atoms with Crippen LogP contribution in [0.25, 0.3) is 10.9 Å². The summed E-state index contributed by atoms with van der Waals surface area (Å²) in [5.74, 6) is 0. The van der Waals surface area contributed by atoms with Crippen molar-refractivity contribution in [2.24, 2.45) is 0 Å². The third-order valence-corrected chi connectivity index (χ3v) is 2.56. The maximum absolute atomic E-state index is 6.00. The van der Waals surface area contributed by atoms with Gasteiger partial charge in [0.25, 0.3) is 0 Å². The number of nitrogens with one attached hydrogen (secondary N) is 1. The molecule has 0 saturated carbocycles. The maximum atomic E-state index is 6.00. The molecule has 0 fully saturated rings. The van der Waals surface area contributed by atoms with E-state index in [1.807, 2.05) is 19.2 Å². The highest BCUT2D eigenvalue weighted by Gasteiger charge is 2.06. The number of benzene rings is 1. The van der Waals surface area contributed by atoms with Gasteiger partial charge in [0, 0.05) is 11.6 Å². The van der Waals surface area contributed by atoms with E-state index in [1.165, 1.54) is 0 Å². The van der Waals surface area contributed by atoms with Crippen LogP contribution in [0.5, 0.6) is 0 Å². The molecule has 1 aromatic heterocycles. The zero-order valence-electron chi connectivity index (χ0n) is 6.49. The number of fused-ring (bicyclic) bond motifs is 1. The predicted octanol–water partition coefficient (Wildman–Crippen LogP) is 3.78. The number of aryl methyl sites for hydroxylation is 1. The molecule has 0 unspecified atom stereocenters. The molecule has 0 saturated heterocycles. The molecular weight excluding hydrogens is 193 g/mol. The molecule has 0 radical (unpaired) electrons. The smallest absolute Gasteiger partial charge is 0.0661 e. The summed E-state index contributed by atoms with van der Waals surface area (Å²) in [6, 6.07) is 3.61. The Balaban J connectivity index is 2.98. The minimum absolute atomic E-state index is 0.711. The summed E-state index contributed by atoms with van der Waals surface area (Å²) in [4.78, 5) is 3.08. The van der Waals surface area contributed by atoms with Crippen LogP contribution in [0, 0.1) is 6.92 Å². The van der Waals surface area contributed by atoms with Crippen LogP contribution in [0.3, 0.4) is 0 Å². The number of aromatic nitrogens is 1. The van der Waals surface area contributed by atoms with Crippen LogP contribution in [-0.2, 0) is 0 Å². The van der Waals surface area contributed by atoms with Crippen LogP contribution in [-0.4, -0.2) is 4.98 Å². The minimum atomic E-state index is 0.711. The number of H-pyrrole nitrogens is 1. The van der Waals surface area contributed by atoms with Crippen molar-refractivity contribution in [3.05, 3.63) is 33.9 Å². The van der Waals surface area contributed by atoms with Crippen molar-refractivity contribution in [2.45, 2.75) is 6.92 Å². The molecule has 0 aliphatic carbocycles. The Morgan fingerprint density at radius 3 is 2.50 bits per heavy atom. The second-order valence-corrected chi connectivity index (χ2v) is 3.57. The zero-order chi connectivity index (χ0) is 8.72. The van der Waals surface area contributed by atoms with Gasteiger partial charge in [0.1, 0.15) is 0 Å². The van der Waals surface area contributed by atoms with E-state index in [0.717, 1.165) is 21.5 Å². The number of hydrogen-bond donors (Lipinski definition) is 1. The summed E-state index contributed by atoms with van der Waals surface area (Å²) in [6.45, 7) is 2.00. The highest BCUT2D eigenvalue weighted by molar-refractivity contribution is 6.40. The second-order valence-electron chi connectivity index (χ2n) is 2.75. The first-order valence-corrected chi connectivity index (χ1v) is 4.37. The number of rotatable bonds is 0. The van der Waals surface area contributed by atoms with E-state index < -0.39 is 0 Å². The van der Waals surface area contributed by atoms with Gasteiger partial charge < -0.3 is 4.98 Å². The van der Waals surface area contributed by atoms with E-state index in [-0.39, 0.29) is 0 Å². The van der Waals surface area contributed by atoms with Crippen LogP contribution in [0.1, 0.15) is 5.56 Å². The fraction of sp³-hybridized carbons (Fsp3) is 0.111. The molecule has 12 heavy (non-hydrogen) atoms. The lowest BCUT2D eigenvalue weighted by Crippen LogP contribution is -1.73. The van der Waals surface area contributed by atoms with E-state index in [4.69, 9.17) is 23.2 Å². The first-order valence-electron chi connectivity index (χ1n) is 3.62. The SMILES string of the molecule is Cc1c[nH]c2c(Cl)ccc(Cl)c12. The average molecular weight is 200 g/mol. The highest BCUT2D eigenvalue weighted by Crippen LogP contribution is 2.30. The quantitative estimate of drug-likeness (QED) is 0.665. The van der Waals surface area contributed by atoms with Crippen LogP contribution in [0.2, 0.25) is 10.0 Å². The molecular formula is C9H7Cl2N. The van der Waals surface area contributed by atoms with Crippen LogP contribution >= 0.6 is 23.2 Å². The highest BCUT2D eigenvalue weighted by atomic mass is 35.5. The van der Waals surface area contributed by atoms with Crippen molar-refractivity contribution >= 4 is 34.1 Å². The molecule has 0 amide bonds. The maximum Gasteiger partial charge on any atom is 0.0661 e. The lowest BCUT2D eigenvalue weighted by atomic mass is 10.2. The van der Waals surface area contributed by atoms with Gasteiger partial charge in [0.15, 0.2) is 0 Å². The average Bonchev–Trinajstić information content (AvgIpc) is 2.42. The lowest BCUT2D eigenvalue weighted by molar-refractivity contribution is 1.43. The largest absolute Gasteiger partial charge is 0.360 e. The molecule has 1 nitrogen and oxygen atoms in total. The summed E-state index contributed by atoms with van der Waals surface area (Å²) >= 11 is 11.9. The molecule has 0 aliphatic heterocycles. The summed E-state index contributed by atoms with van der Waals surface area (Å²) in [6.07, 6.45) is 1.91. The number of hydrogen-bond acceptors (Lipinski definition) is 0. The van der Waals surface area contributed by atoms with Crippen molar-refractivity contribution in [1.82, 2.24) is 4.98 Å². The molecule has 2 rings (SSSR count). The Morgan fingerprint density at radius 2 is 1.83 bits per heavy atom. The fourth-order valence-electron chi connectivity index (χ4n) is 1.33. The molecule has 3 heteroatoms. The Hall–Kier alpha value is -0.660. The van der Waals surface area contributed by atoms with Gasteiger partial charge in [0.2, 0.25) is 0 Å². The van der Waals surface area contributed by atoms with Crippen molar-refractivity contribution in [1.29, 1.82) is 0 Å². The second kappa shape index (κ2) is 2.68. The predicted molar refractivity (Wildman–Crippen MR) is 53.1 cm³/mol. The molecule has 0 aliphatic rings. The number of halogens is 2. The molecule has 1 N–H and O–H groups in total. The summed E-state index contributed by atoms with van der Waals surface area (Å²) < 4.78 is 0. The van der Waals surface area contributed by atoms with Crippen LogP contribution in [0.15, 0.2) is 18.3 Å². The monoisotopic (exact) mass is 199 g/mol. The molecule has 0 bridgehead atoms. The number of aromatic amines is 1. The molecule has 1 aromatic carbocycles. The Bertz CT molecular complexity index is 431. The normalized spacial score (nSPS) is 10.9. The van der Waals surface area contributed by atoms with Crippen molar-refractivity contribution in [3.63, 3.8) is 0 Å². The molecule has 0 atom stereocenters. The standard InChI is InChI=1S/C9H7Cl2N/c1-5-4-12-9-7(11)3-2-6(10)8(5)9/h2-4,12H,1H3. The Kier molecular flexibility index (Phi) is 1.78. The molecule has 0 spiro atoms. The summed E-state index contributed by atoms with van der Waals surface area (Å²) in [7, 11) is 0. The van der Waals surface area contributed by atoms with Gasteiger partial charge in [0.05, 0.1) is 15.6 Å². The topological polar surface area (TPSA) is 15.8 Å². The fourth-order valence-corrected chi connectivity index (χ4v) is 1.85. The van der Waals surface area contributed by atoms with E-state index in [0.29, 0.717) is 5.02 Å². The first kappa shape index (κ1) is 7.96. The van der Waals surface area contributed by atoms with Gasteiger partial charge in [-0.2, -0.15) is 0 Å². The Morgan fingerprint density at radius 1 is 1.17 bits per heavy atom. The van der Waals surface area contributed by atoms with Gasteiger partial charge in [-0.3, -0.25) is 0 Å². The van der Waals surface area contributed by atoms with Gasteiger partial charge in [-0.05, 0) is 24.6 Å². The van der Waals surface area contributed by atoms with Gasteiger partial charge in [-0.15, -0.1) is 0 Å². The third kappa shape index (κ3) is 1.01. The summed E-state index contributed by atoms with van der Waals surface area (Å²) in [5.41, 5.74) is 2.04. The van der Waals surface area contributed by atoms with Gasteiger partial charge in [-0.1, -0.05) is 23.2 Å². The van der Waals surface area contributed by atoms with Crippen LogP contribution in [0.4, 0.5) is 0 Å². The Labute approximate surface area is 80.3 Å². The van der Waals surface area contributed by atoms with Crippen LogP contribution < -0.4 is 0 Å². The molecule has 2 aromatic rings. The first-order chi connectivity index (χ1) is 5.70. The molecule has 62 valence electrons. The van der Waals surface area contributed by atoms with Crippen molar-refractivity contribution < 1.29 is 0 Å². The third-order valence-electron chi connectivity index (χ3n) is 1.93. The van der Waals surface area contributed by atoms with E-state index in [9.17, 15) is 0 Å². The molecule has 1 heterocycles. The zero-order valence-corrected chi connectivity index (χ0v) is 8.00. The van der Waals surface area contributed by atoms with Gasteiger partial charge in [-0.25, -0.2) is 0 Å². The van der Waals surface area contributed by atoms with Crippen molar-refractivity contribution in [3.8, 4) is 0 Å².